The average Bonchev–Trinajstić information content (AvgIpc) is 3.36. The summed E-state index contributed by atoms with van der Waals surface area (Å²) in [4.78, 5) is 13.1. The van der Waals surface area contributed by atoms with Crippen molar-refractivity contribution in [1.82, 2.24) is 5.32 Å². The van der Waals surface area contributed by atoms with Crippen LogP contribution in [-0.2, 0) is 14.8 Å². The number of amides is 1. The smallest absolute Gasteiger partial charge is 0.264 e. The minimum Gasteiger partial charge on any atom is -0.352 e. The molecule has 0 radical (unpaired) electrons. The third kappa shape index (κ3) is 4.24. The Kier molecular flexibility index (Phi) is 5.87. The van der Waals surface area contributed by atoms with Crippen molar-refractivity contribution in [2.75, 3.05) is 10.8 Å². The number of hydrogen-bond acceptors (Lipinski definition) is 3. The lowest BCUT2D eigenvalue weighted by Gasteiger charge is -2.27. The molecule has 5 nitrogen and oxygen atoms in total. The van der Waals surface area contributed by atoms with Crippen LogP contribution in [0.2, 0.25) is 0 Å². The number of fused-ring (bicyclic) bond motifs is 2. The highest BCUT2D eigenvalue weighted by Crippen LogP contribution is 2.44. The third-order valence-corrected chi connectivity index (χ3v) is 8.34. The number of nitrogens with zero attached hydrogens (tertiary/aromatic N) is 1. The number of anilines is 1. The highest BCUT2D eigenvalue weighted by Gasteiger charge is 2.40. The molecule has 1 amide bonds. The van der Waals surface area contributed by atoms with Crippen molar-refractivity contribution < 1.29 is 13.2 Å². The Morgan fingerprint density at radius 3 is 2.30 bits per heavy atom. The number of benzene rings is 2. The summed E-state index contributed by atoms with van der Waals surface area (Å²) in [5.41, 5.74) is 1.63. The summed E-state index contributed by atoms with van der Waals surface area (Å²) in [6.45, 7) is 3.97. The Hall–Kier alpha value is -2.34. The first-order chi connectivity index (χ1) is 14.3. The fraction of sp³-hybridized carbons (Fsp3) is 0.458. The number of sulfonamides is 1. The second-order valence-electron chi connectivity index (χ2n) is 8.92. The second-order valence-corrected chi connectivity index (χ2v) is 10.8. The van der Waals surface area contributed by atoms with Gasteiger partial charge in [0.05, 0.1) is 10.6 Å². The highest BCUT2D eigenvalue weighted by molar-refractivity contribution is 7.92. The quantitative estimate of drug-likeness (QED) is 0.717. The molecule has 2 aliphatic rings. The van der Waals surface area contributed by atoms with Gasteiger partial charge in [0.15, 0.2) is 0 Å². The summed E-state index contributed by atoms with van der Waals surface area (Å²) in [7, 11) is -3.85. The molecule has 2 fully saturated rings. The number of hydrogen-bond donors (Lipinski definition) is 1. The van der Waals surface area contributed by atoms with Gasteiger partial charge in [0, 0.05) is 6.04 Å². The molecule has 2 aromatic rings. The number of carbonyl (C=O) groups is 1. The number of rotatable bonds is 7. The highest BCUT2D eigenvalue weighted by atomic mass is 32.2. The van der Waals surface area contributed by atoms with Crippen molar-refractivity contribution in [2.24, 2.45) is 11.8 Å². The van der Waals surface area contributed by atoms with Gasteiger partial charge < -0.3 is 5.32 Å². The minimum atomic E-state index is -3.85. The van der Waals surface area contributed by atoms with Gasteiger partial charge in [-0.2, -0.15) is 0 Å². The normalized spacial score (nSPS) is 23.0. The van der Waals surface area contributed by atoms with Crippen LogP contribution in [-0.4, -0.2) is 26.9 Å². The topological polar surface area (TPSA) is 66.5 Å². The van der Waals surface area contributed by atoms with Gasteiger partial charge >= 0.3 is 0 Å². The van der Waals surface area contributed by atoms with Gasteiger partial charge in [-0.3, -0.25) is 9.10 Å². The maximum Gasteiger partial charge on any atom is 0.264 e. The zero-order valence-corrected chi connectivity index (χ0v) is 18.4. The molecule has 6 heteroatoms. The van der Waals surface area contributed by atoms with E-state index in [2.05, 4.69) is 19.2 Å². The van der Waals surface area contributed by atoms with Gasteiger partial charge in [-0.1, -0.05) is 50.6 Å². The Labute approximate surface area is 179 Å². The SMILES string of the molecule is CC(C)c1ccc(N(CC(=O)N[C@@H]2C[C@H]3CC[C@@H]2C3)S(=O)(=O)c2ccccc2)cc1. The van der Waals surface area contributed by atoms with Gasteiger partial charge in [0.25, 0.3) is 10.0 Å². The van der Waals surface area contributed by atoms with Crippen molar-refractivity contribution >= 4 is 21.6 Å². The standard InChI is InChI=1S/C24H30N2O3S/c1-17(2)19-10-12-21(13-11-19)26(30(28,29)22-6-4-3-5-7-22)16-24(27)25-23-15-18-8-9-20(23)14-18/h3-7,10-13,17-18,20,23H,8-9,14-16H2,1-2H3,(H,25,27)/t18-,20+,23+/m0/s1. The van der Waals surface area contributed by atoms with E-state index in [1.165, 1.54) is 17.1 Å². The van der Waals surface area contributed by atoms with Gasteiger partial charge in [-0.05, 0) is 66.8 Å². The van der Waals surface area contributed by atoms with Crippen molar-refractivity contribution in [2.45, 2.75) is 56.4 Å². The van der Waals surface area contributed by atoms with Crippen LogP contribution < -0.4 is 9.62 Å². The Bertz CT molecular complexity index is 987. The molecular formula is C24H30N2O3S. The predicted octanol–water partition coefficient (Wildman–Crippen LogP) is 4.31. The molecule has 0 aliphatic heterocycles. The molecule has 160 valence electrons. The van der Waals surface area contributed by atoms with E-state index in [-0.39, 0.29) is 23.4 Å². The van der Waals surface area contributed by atoms with Gasteiger partial charge in [0.1, 0.15) is 6.54 Å². The summed E-state index contributed by atoms with van der Waals surface area (Å²) < 4.78 is 28.0. The summed E-state index contributed by atoms with van der Waals surface area (Å²) in [5.74, 6) is 1.37. The fourth-order valence-electron chi connectivity index (χ4n) is 4.86. The molecule has 2 aromatic carbocycles. The van der Waals surface area contributed by atoms with Crippen LogP contribution in [0.3, 0.4) is 0 Å². The Balaban J connectivity index is 1.59. The first kappa shape index (κ1) is 20.9. The largest absolute Gasteiger partial charge is 0.352 e. The lowest BCUT2D eigenvalue weighted by Crippen LogP contribution is -2.46. The summed E-state index contributed by atoms with van der Waals surface area (Å²) >= 11 is 0. The number of nitrogens with one attached hydrogen (secondary N) is 1. The Morgan fingerprint density at radius 2 is 1.73 bits per heavy atom. The Morgan fingerprint density at radius 1 is 1.03 bits per heavy atom. The van der Waals surface area contributed by atoms with E-state index in [1.807, 2.05) is 12.1 Å². The molecule has 30 heavy (non-hydrogen) atoms. The lowest BCUT2D eigenvalue weighted by atomic mass is 9.95. The lowest BCUT2D eigenvalue weighted by molar-refractivity contribution is -0.120. The van der Waals surface area contributed by atoms with Crippen LogP contribution in [0.5, 0.6) is 0 Å². The van der Waals surface area contributed by atoms with Crippen LogP contribution in [0, 0.1) is 11.8 Å². The fourth-order valence-corrected chi connectivity index (χ4v) is 6.31. The van der Waals surface area contributed by atoms with E-state index in [0.29, 0.717) is 23.4 Å². The van der Waals surface area contributed by atoms with E-state index in [9.17, 15) is 13.2 Å². The summed E-state index contributed by atoms with van der Waals surface area (Å²) in [6.07, 6.45) is 4.63. The van der Waals surface area contributed by atoms with Crippen molar-refractivity contribution in [3.8, 4) is 0 Å². The monoisotopic (exact) mass is 426 g/mol. The first-order valence-electron chi connectivity index (χ1n) is 10.8. The molecule has 0 saturated heterocycles. The zero-order chi connectivity index (χ0) is 21.3. The molecule has 3 atom stereocenters. The van der Waals surface area contributed by atoms with Crippen LogP contribution in [0.1, 0.15) is 51.0 Å². The molecule has 4 rings (SSSR count). The van der Waals surface area contributed by atoms with Gasteiger partial charge in [0.2, 0.25) is 5.91 Å². The van der Waals surface area contributed by atoms with Crippen LogP contribution in [0.25, 0.3) is 0 Å². The minimum absolute atomic E-state index is 0.181. The molecule has 2 saturated carbocycles. The van der Waals surface area contributed by atoms with Crippen LogP contribution >= 0.6 is 0 Å². The first-order valence-corrected chi connectivity index (χ1v) is 12.3. The van der Waals surface area contributed by atoms with Gasteiger partial charge in [-0.25, -0.2) is 8.42 Å². The van der Waals surface area contributed by atoms with Crippen LogP contribution in [0.15, 0.2) is 59.5 Å². The molecule has 0 unspecified atom stereocenters. The van der Waals surface area contributed by atoms with E-state index in [4.69, 9.17) is 0 Å². The molecule has 0 aromatic heterocycles. The van der Waals surface area contributed by atoms with E-state index in [0.717, 1.165) is 18.4 Å². The summed E-state index contributed by atoms with van der Waals surface area (Å²) in [6, 6.07) is 15.9. The zero-order valence-electron chi connectivity index (χ0n) is 17.6. The molecule has 2 bridgehead atoms. The molecule has 2 aliphatic carbocycles. The third-order valence-electron chi connectivity index (χ3n) is 6.55. The average molecular weight is 427 g/mol. The van der Waals surface area contributed by atoms with E-state index in [1.54, 1.807) is 42.5 Å². The maximum atomic E-state index is 13.4. The van der Waals surface area contributed by atoms with Crippen LogP contribution in [0.4, 0.5) is 5.69 Å². The maximum absolute atomic E-state index is 13.4. The van der Waals surface area contributed by atoms with Crippen molar-refractivity contribution in [3.63, 3.8) is 0 Å². The molecule has 0 heterocycles. The molecule has 1 N–H and O–H groups in total. The molecular weight excluding hydrogens is 396 g/mol. The van der Waals surface area contributed by atoms with E-state index < -0.39 is 10.0 Å². The predicted molar refractivity (Wildman–Crippen MR) is 119 cm³/mol. The number of carbonyl (C=O) groups excluding carboxylic acids is 1. The van der Waals surface area contributed by atoms with Crippen molar-refractivity contribution in [3.05, 3.63) is 60.2 Å². The second kappa shape index (κ2) is 8.42. The van der Waals surface area contributed by atoms with Gasteiger partial charge in [-0.15, -0.1) is 0 Å². The molecule has 0 spiro atoms. The summed E-state index contributed by atoms with van der Waals surface area (Å²) in [5, 5.41) is 3.12. The van der Waals surface area contributed by atoms with E-state index >= 15 is 0 Å². The van der Waals surface area contributed by atoms with Crippen molar-refractivity contribution in [1.29, 1.82) is 0 Å².